The molecule has 0 saturated heterocycles. The van der Waals surface area contributed by atoms with E-state index < -0.39 is 33.1 Å². The van der Waals surface area contributed by atoms with Gasteiger partial charge in [0.15, 0.2) is 0 Å². The van der Waals surface area contributed by atoms with E-state index in [1.54, 1.807) is 0 Å². The van der Waals surface area contributed by atoms with Crippen LogP contribution in [-0.2, 0) is 10.5 Å². The van der Waals surface area contributed by atoms with E-state index in [0.717, 1.165) is 12.1 Å². The molecule has 0 amide bonds. The lowest BCUT2D eigenvalue weighted by Gasteiger charge is -2.23. The second-order valence-electron chi connectivity index (χ2n) is 3.74. The first-order chi connectivity index (χ1) is 9.15. The zero-order valence-electron chi connectivity index (χ0n) is 9.41. The molecule has 0 spiro atoms. The van der Waals surface area contributed by atoms with Gasteiger partial charge in [0.25, 0.3) is 0 Å². The van der Waals surface area contributed by atoms with Gasteiger partial charge in [-0.2, -0.15) is 0 Å². The van der Waals surface area contributed by atoms with Crippen molar-refractivity contribution >= 4 is 102 Å². The lowest BCUT2D eigenvalue weighted by atomic mass is 9.99. The highest BCUT2D eigenvalue weighted by atomic mass is 79.9. The Labute approximate surface area is 168 Å². The number of carboxylic acid groups (broad SMARTS) is 1. The van der Waals surface area contributed by atoms with Gasteiger partial charge in [-0.25, -0.2) is 18.0 Å². The fourth-order valence-electron chi connectivity index (χ4n) is 1.48. The van der Waals surface area contributed by atoms with Crippen molar-refractivity contribution in [3.8, 4) is 0 Å². The number of benzene rings is 1. The Morgan fingerprint density at radius 2 is 1.19 bits per heavy atom. The summed E-state index contributed by atoms with van der Waals surface area (Å²) in [4.78, 5) is 11.4. The number of carboxylic acids is 1. The molecule has 1 N–H and O–H groups in total. The molecule has 0 aromatic heterocycles. The van der Waals surface area contributed by atoms with Gasteiger partial charge in [0.2, 0.25) is 10.5 Å². The van der Waals surface area contributed by atoms with Gasteiger partial charge in [0, 0.05) is 16.7 Å². The molecule has 2 nitrogen and oxygen atoms in total. The summed E-state index contributed by atoms with van der Waals surface area (Å²) >= 11 is 15.6. The Morgan fingerprint density at radius 3 is 1.38 bits per heavy atom. The number of hydrogen-bond acceptors (Lipinski definition) is 1. The third kappa shape index (κ3) is 5.17. The summed E-state index contributed by atoms with van der Waals surface area (Å²) in [7, 11) is 0. The van der Waals surface area contributed by atoms with Gasteiger partial charge >= 0.3 is 5.97 Å². The second kappa shape index (κ2) is 6.70. The van der Waals surface area contributed by atoms with Gasteiger partial charge in [-0.1, -0.05) is 0 Å². The molecule has 11 heteroatoms. The topological polar surface area (TPSA) is 37.3 Å². The highest BCUT2D eigenvalue weighted by Crippen LogP contribution is 2.51. The van der Waals surface area contributed by atoms with Crippen molar-refractivity contribution in [3.63, 3.8) is 0 Å². The van der Waals surface area contributed by atoms with E-state index >= 15 is 0 Å². The van der Waals surface area contributed by atoms with Crippen LogP contribution in [0, 0.1) is 0 Å². The van der Waals surface area contributed by atoms with E-state index in [4.69, 9.17) is 0 Å². The van der Waals surface area contributed by atoms with Gasteiger partial charge in [0.1, 0.15) is 0 Å². The molecule has 0 aliphatic rings. The maximum atomic E-state index is 14.1. The van der Waals surface area contributed by atoms with Gasteiger partial charge in [-0.3, -0.25) is 0 Å². The maximum absolute atomic E-state index is 14.1. The van der Waals surface area contributed by atoms with Crippen LogP contribution in [0.15, 0.2) is 12.1 Å². The third-order valence-corrected chi connectivity index (χ3v) is 4.91. The summed E-state index contributed by atoms with van der Waals surface area (Å²) < 4.78 is 35.0. The number of aromatic carboxylic acids is 1. The Balaban J connectivity index is 3.89. The van der Waals surface area contributed by atoms with Crippen molar-refractivity contribution < 1.29 is 23.1 Å². The van der Waals surface area contributed by atoms with Gasteiger partial charge in [-0.05, 0) is 108 Å². The van der Waals surface area contributed by atoms with Crippen LogP contribution >= 0.6 is 95.6 Å². The molecule has 21 heavy (non-hydrogen) atoms. The first-order valence-electron chi connectivity index (χ1n) is 4.78. The van der Waals surface area contributed by atoms with E-state index in [1.807, 2.05) is 0 Å². The van der Waals surface area contributed by atoms with E-state index in [1.165, 1.54) is 0 Å². The van der Waals surface area contributed by atoms with Gasteiger partial charge in [0.05, 0.1) is 5.56 Å². The molecule has 0 aliphatic heterocycles. The van der Waals surface area contributed by atoms with Crippen molar-refractivity contribution in [2.24, 2.45) is 0 Å². The number of alkyl halides is 9. The normalized spacial score (nSPS) is 13.4. The number of rotatable bonds is 4. The average Bonchev–Trinajstić information content (AvgIpc) is 2.23. The first kappa shape index (κ1) is 20.4. The molecular formula is C10H3Br6F3O2. The molecule has 0 bridgehead atoms. The van der Waals surface area contributed by atoms with Crippen molar-refractivity contribution in [1.29, 1.82) is 0 Å². The van der Waals surface area contributed by atoms with Crippen LogP contribution in [-0.4, -0.2) is 11.1 Å². The molecule has 0 unspecified atom stereocenters. The van der Waals surface area contributed by atoms with Gasteiger partial charge < -0.3 is 5.11 Å². The first-order valence-corrected chi connectivity index (χ1v) is 9.54. The fraction of sp³-hybridized carbons (Fsp3) is 0.300. The molecule has 0 heterocycles. The van der Waals surface area contributed by atoms with Gasteiger partial charge in [-0.15, -0.1) is 0 Å². The predicted molar refractivity (Wildman–Crippen MR) is 95.3 cm³/mol. The van der Waals surface area contributed by atoms with Crippen LogP contribution < -0.4 is 0 Å². The van der Waals surface area contributed by atoms with Crippen LogP contribution in [0.2, 0.25) is 0 Å². The summed E-state index contributed by atoms with van der Waals surface area (Å²) in [6, 6.07) is 1.87. The third-order valence-electron chi connectivity index (χ3n) is 2.29. The van der Waals surface area contributed by atoms with Crippen LogP contribution in [0.25, 0.3) is 0 Å². The summed E-state index contributed by atoms with van der Waals surface area (Å²) in [5.74, 6) is -1.58. The second-order valence-corrected chi connectivity index (χ2v) is 13.5. The molecule has 0 radical (unpaired) electrons. The number of hydrogen-bond donors (Lipinski definition) is 1. The Morgan fingerprint density at radius 1 is 0.857 bits per heavy atom. The quantitative estimate of drug-likeness (QED) is 0.346. The zero-order valence-corrected chi connectivity index (χ0v) is 18.9. The van der Waals surface area contributed by atoms with Crippen LogP contribution in [0.1, 0.15) is 27.0 Å². The van der Waals surface area contributed by atoms with E-state index in [9.17, 15) is 23.1 Å². The predicted octanol–water partition coefficient (Wildman–Crippen LogP) is 6.99. The minimum absolute atomic E-state index is 0.237. The summed E-state index contributed by atoms with van der Waals surface area (Å²) in [6.45, 7) is 0. The van der Waals surface area contributed by atoms with Crippen molar-refractivity contribution in [2.75, 3.05) is 0 Å². The SMILES string of the molecule is O=C(O)c1c(C(F)(Br)Br)cc(C(F)(Br)Br)cc1C(F)(Br)Br. The standard InChI is InChI=1S/C10H3Br6F3O2/c11-8(12,17)3-1-4(9(13,14)18)6(7(20)21)5(2-3)10(15,16)19/h1-2H,(H,20,21). The van der Waals surface area contributed by atoms with E-state index in [2.05, 4.69) is 95.6 Å². The molecule has 1 aromatic carbocycles. The molecule has 118 valence electrons. The molecule has 0 fully saturated rings. The molecule has 0 saturated carbocycles. The highest BCUT2D eigenvalue weighted by Gasteiger charge is 2.40. The van der Waals surface area contributed by atoms with Crippen LogP contribution in [0.3, 0.4) is 0 Å². The van der Waals surface area contributed by atoms with E-state index in [0.29, 0.717) is 0 Å². The Hall–Kier alpha value is 1.36. The van der Waals surface area contributed by atoms with Crippen LogP contribution in [0.4, 0.5) is 13.2 Å². The smallest absolute Gasteiger partial charge is 0.336 e. The average molecular weight is 692 g/mol. The monoisotopic (exact) mass is 686 g/mol. The molecule has 0 aliphatic carbocycles. The summed E-state index contributed by atoms with van der Waals surface area (Å²) in [5, 5.41) is 9.23. The maximum Gasteiger partial charge on any atom is 0.336 e. The zero-order chi connectivity index (χ0) is 16.8. The number of carbonyl (C=O) groups is 1. The lowest BCUT2D eigenvalue weighted by molar-refractivity contribution is 0.0691. The van der Waals surface area contributed by atoms with Crippen molar-refractivity contribution in [1.82, 2.24) is 0 Å². The summed E-state index contributed by atoms with van der Waals surface area (Å²) in [5.41, 5.74) is -1.93. The highest BCUT2D eigenvalue weighted by molar-refractivity contribution is 9.25. The fourth-order valence-corrected chi connectivity index (χ4v) is 3.19. The minimum Gasteiger partial charge on any atom is -0.478 e. The molecule has 1 rings (SSSR count). The van der Waals surface area contributed by atoms with Crippen molar-refractivity contribution in [3.05, 3.63) is 34.4 Å². The summed E-state index contributed by atoms with van der Waals surface area (Å²) in [6.07, 6.45) is 0. The molecular weight excluding hydrogens is 689 g/mol. The number of halogens is 9. The lowest BCUT2D eigenvalue weighted by Crippen LogP contribution is -2.19. The minimum atomic E-state index is -2.49. The molecule has 1 aromatic rings. The van der Waals surface area contributed by atoms with Crippen molar-refractivity contribution in [2.45, 2.75) is 10.5 Å². The van der Waals surface area contributed by atoms with E-state index in [-0.39, 0.29) is 5.56 Å². The molecule has 0 atom stereocenters. The Bertz CT molecular complexity index is 539. The largest absolute Gasteiger partial charge is 0.478 e. The van der Waals surface area contributed by atoms with Crippen LogP contribution in [0.5, 0.6) is 0 Å². The Kier molecular flexibility index (Phi) is 6.51.